The molecule has 0 spiro atoms. The number of guanidine groups is 1. The van der Waals surface area contributed by atoms with E-state index in [-0.39, 0.29) is 29.8 Å². The minimum Gasteiger partial charge on any atom is -0.357 e. The van der Waals surface area contributed by atoms with Crippen molar-refractivity contribution in [2.75, 3.05) is 34.2 Å². The summed E-state index contributed by atoms with van der Waals surface area (Å²) in [7, 11) is 6.25. The van der Waals surface area contributed by atoms with Crippen LogP contribution in [0.3, 0.4) is 0 Å². The Labute approximate surface area is 162 Å². The minimum atomic E-state index is -0.195. The molecule has 2 rings (SSSR count). The van der Waals surface area contributed by atoms with Gasteiger partial charge in [-0.3, -0.25) is 4.99 Å². The molecule has 0 bridgehead atoms. The summed E-state index contributed by atoms with van der Waals surface area (Å²) < 4.78 is 13.3. The van der Waals surface area contributed by atoms with E-state index in [0.29, 0.717) is 12.6 Å². The smallest absolute Gasteiger partial charge is 0.194 e. The molecular formula is C18H30FIN4. The lowest BCUT2D eigenvalue weighted by atomic mass is 10.2. The fourth-order valence-corrected chi connectivity index (χ4v) is 2.85. The van der Waals surface area contributed by atoms with Crippen LogP contribution in [0.5, 0.6) is 0 Å². The Bertz CT molecular complexity index is 530. The van der Waals surface area contributed by atoms with Crippen molar-refractivity contribution < 1.29 is 4.39 Å². The van der Waals surface area contributed by atoms with E-state index in [1.807, 2.05) is 13.1 Å². The zero-order valence-corrected chi connectivity index (χ0v) is 17.5. The van der Waals surface area contributed by atoms with Crippen LogP contribution in [0.4, 0.5) is 4.39 Å². The van der Waals surface area contributed by atoms with Gasteiger partial charge in [0, 0.05) is 26.2 Å². The Morgan fingerprint density at radius 3 is 2.58 bits per heavy atom. The molecule has 1 N–H and O–H groups in total. The number of nitrogens with one attached hydrogen (secondary N) is 1. The Balaban J connectivity index is 0.00000288. The fourth-order valence-electron chi connectivity index (χ4n) is 2.85. The summed E-state index contributed by atoms with van der Waals surface area (Å²) in [5.74, 6) is 1.47. The van der Waals surface area contributed by atoms with E-state index >= 15 is 0 Å². The lowest BCUT2D eigenvalue weighted by Crippen LogP contribution is -2.40. The molecule has 0 amide bonds. The lowest BCUT2D eigenvalue weighted by Gasteiger charge is -2.25. The Morgan fingerprint density at radius 1 is 1.33 bits per heavy atom. The van der Waals surface area contributed by atoms with Crippen molar-refractivity contribution in [1.82, 2.24) is 15.1 Å². The van der Waals surface area contributed by atoms with Crippen molar-refractivity contribution in [3.05, 3.63) is 35.6 Å². The molecule has 6 heteroatoms. The molecule has 1 saturated carbocycles. The highest BCUT2D eigenvalue weighted by Crippen LogP contribution is 2.34. The van der Waals surface area contributed by atoms with Gasteiger partial charge < -0.3 is 15.1 Å². The monoisotopic (exact) mass is 448 g/mol. The summed E-state index contributed by atoms with van der Waals surface area (Å²) in [5.41, 5.74) is 0.949. The molecule has 1 aliphatic carbocycles. The van der Waals surface area contributed by atoms with Gasteiger partial charge in [0.15, 0.2) is 5.96 Å². The molecular weight excluding hydrogens is 418 g/mol. The molecule has 1 aliphatic rings. The van der Waals surface area contributed by atoms with E-state index < -0.39 is 0 Å². The molecule has 0 aromatic heterocycles. The van der Waals surface area contributed by atoms with Crippen molar-refractivity contribution in [3.63, 3.8) is 0 Å². The van der Waals surface area contributed by atoms with Gasteiger partial charge in [-0.25, -0.2) is 4.39 Å². The lowest BCUT2D eigenvalue weighted by molar-refractivity contribution is 0.270. The van der Waals surface area contributed by atoms with Gasteiger partial charge in [0.2, 0.25) is 0 Å². The molecule has 0 radical (unpaired) electrons. The average molecular weight is 448 g/mol. The molecule has 0 saturated heterocycles. The third-order valence-corrected chi connectivity index (χ3v) is 4.26. The normalized spacial score (nSPS) is 15.8. The molecule has 4 nitrogen and oxygen atoms in total. The van der Waals surface area contributed by atoms with E-state index in [4.69, 9.17) is 4.99 Å². The first-order valence-electron chi connectivity index (χ1n) is 8.41. The highest BCUT2D eigenvalue weighted by atomic mass is 127. The average Bonchev–Trinajstić information content (AvgIpc) is 3.30. The number of rotatable bonds is 7. The van der Waals surface area contributed by atoms with E-state index in [1.165, 1.54) is 18.9 Å². The van der Waals surface area contributed by atoms with Crippen molar-refractivity contribution in [1.29, 1.82) is 0 Å². The maximum Gasteiger partial charge on any atom is 0.194 e. The third kappa shape index (κ3) is 6.55. The first-order chi connectivity index (χ1) is 11.0. The molecule has 1 atom stereocenters. The van der Waals surface area contributed by atoms with Gasteiger partial charge in [0.25, 0.3) is 0 Å². The predicted octanol–water partition coefficient (Wildman–Crippen LogP) is 3.18. The largest absolute Gasteiger partial charge is 0.357 e. The number of benzene rings is 1. The van der Waals surface area contributed by atoms with E-state index in [9.17, 15) is 4.39 Å². The van der Waals surface area contributed by atoms with Crippen LogP contribution in [0.1, 0.15) is 25.3 Å². The summed E-state index contributed by atoms with van der Waals surface area (Å²) in [4.78, 5) is 9.14. The fraction of sp³-hybridized carbons (Fsp3) is 0.611. The van der Waals surface area contributed by atoms with Gasteiger partial charge in [-0.2, -0.15) is 0 Å². The first-order valence-corrected chi connectivity index (χ1v) is 8.41. The predicted molar refractivity (Wildman–Crippen MR) is 109 cm³/mol. The summed E-state index contributed by atoms with van der Waals surface area (Å²) in [6.45, 7) is 4.32. The quantitative estimate of drug-likeness (QED) is 0.395. The van der Waals surface area contributed by atoms with Gasteiger partial charge in [0.1, 0.15) is 5.82 Å². The van der Waals surface area contributed by atoms with Crippen LogP contribution in [0.2, 0.25) is 0 Å². The summed E-state index contributed by atoms with van der Waals surface area (Å²) in [5, 5.41) is 3.33. The van der Waals surface area contributed by atoms with Gasteiger partial charge in [-0.15, -0.1) is 24.0 Å². The van der Waals surface area contributed by atoms with Crippen molar-refractivity contribution in [3.8, 4) is 0 Å². The van der Waals surface area contributed by atoms with Crippen LogP contribution >= 0.6 is 24.0 Å². The number of hydrogen-bond acceptors (Lipinski definition) is 2. The SMILES string of the molecule is CCNC(=NCC(C1CC1)N(C)C)N(C)Cc1cccc(F)c1.I. The maximum absolute atomic E-state index is 13.3. The molecule has 1 fully saturated rings. The van der Waals surface area contributed by atoms with Crippen molar-refractivity contribution in [2.24, 2.45) is 10.9 Å². The number of halogens is 2. The molecule has 24 heavy (non-hydrogen) atoms. The summed E-state index contributed by atoms with van der Waals surface area (Å²) in [6, 6.07) is 7.24. The minimum absolute atomic E-state index is 0. The molecule has 1 aromatic carbocycles. The summed E-state index contributed by atoms with van der Waals surface area (Å²) >= 11 is 0. The van der Waals surface area contributed by atoms with Crippen LogP contribution in [0.25, 0.3) is 0 Å². The van der Waals surface area contributed by atoms with E-state index in [0.717, 1.165) is 30.5 Å². The molecule has 0 heterocycles. The van der Waals surface area contributed by atoms with Crippen molar-refractivity contribution in [2.45, 2.75) is 32.4 Å². The second kappa shape index (κ2) is 10.2. The topological polar surface area (TPSA) is 30.9 Å². The van der Waals surface area contributed by atoms with Crippen LogP contribution in [0, 0.1) is 11.7 Å². The Morgan fingerprint density at radius 2 is 2.04 bits per heavy atom. The van der Waals surface area contributed by atoms with Gasteiger partial charge in [-0.05, 0) is 57.5 Å². The number of hydrogen-bond donors (Lipinski definition) is 1. The van der Waals surface area contributed by atoms with Gasteiger partial charge >= 0.3 is 0 Å². The number of likely N-dealkylation sites (N-methyl/N-ethyl adjacent to an activating group) is 1. The number of aliphatic imine (C=N–C) groups is 1. The zero-order chi connectivity index (χ0) is 16.8. The standard InChI is InChI=1S/C18H29FN4.HI/c1-5-20-18(21-12-17(22(2)3)15-9-10-15)23(4)13-14-7-6-8-16(19)11-14;/h6-8,11,15,17H,5,9-10,12-13H2,1-4H3,(H,20,21);1H. The maximum atomic E-state index is 13.3. The van der Waals surface area contributed by atoms with Gasteiger partial charge in [-0.1, -0.05) is 12.1 Å². The van der Waals surface area contributed by atoms with Crippen LogP contribution in [0.15, 0.2) is 29.3 Å². The van der Waals surface area contributed by atoms with Crippen LogP contribution in [-0.4, -0.2) is 56.0 Å². The van der Waals surface area contributed by atoms with E-state index in [1.54, 1.807) is 12.1 Å². The van der Waals surface area contributed by atoms with Gasteiger partial charge in [0.05, 0.1) is 6.54 Å². The van der Waals surface area contributed by atoms with Crippen LogP contribution in [-0.2, 0) is 6.54 Å². The second-order valence-corrected chi connectivity index (χ2v) is 6.55. The molecule has 136 valence electrons. The molecule has 1 aromatic rings. The van der Waals surface area contributed by atoms with E-state index in [2.05, 4.69) is 36.1 Å². The molecule has 1 unspecified atom stereocenters. The highest BCUT2D eigenvalue weighted by molar-refractivity contribution is 14.0. The Hall–Kier alpha value is -0.890. The number of nitrogens with zero attached hydrogens (tertiary/aromatic N) is 3. The van der Waals surface area contributed by atoms with Crippen molar-refractivity contribution >= 4 is 29.9 Å². The second-order valence-electron chi connectivity index (χ2n) is 6.55. The zero-order valence-electron chi connectivity index (χ0n) is 15.1. The first kappa shape index (κ1) is 21.2. The molecule has 0 aliphatic heterocycles. The Kier molecular flexibility index (Phi) is 8.97. The highest BCUT2D eigenvalue weighted by Gasteiger charge is 2.32. The summed E-state index contributed by atoms with van der Waals surface area (Å²) in [6.07, 6.45) is 2.63. The third-order valence-electron chi connectivity index (χ3n) is 4.26. The van der Waals surface area contributed by atoms with Crippen LogP contribution < -0.4 is 5.32 Å².